The molecule has 0 bridgehead atoms. The van der Waals surface area contributed by atoms with Gasteiger partial charge in [-0.3, -0.25) is 4.79 Å². The Balaban J connectivity index is 2.07. The van der Waals surface area contributed by atoms with Gasteiger partial charge >= 0.3 is 0 Å². The number of rotatable bonds is 7. The number of amides is 1. The van der Waals surface area contributed by atoms with E-state index >= 15 is 0 Å². The van der Waals surface area contributed by atoms with Crippen molar-refractivity contribution in [2.24, 2.45) is 5.92 Å². The first-order chi connectivity index (χ1) is 8.22. The Morgan fingerprint density at radius 2 is 2.41 bits per heavy atom. The maximum Gasteiger partial charge on any atom is 0.220 e. The van der Waals surface area contributed by atoms with Crippen molar-refractivity contribution < 1.29 is 9.53 Å². The van der Waals surface area contributed by atoms with Gasteiger partial charge in [-0.05, 0) is 51.6 Å². The van der Waals surface area contributed by atoms with Gasteiger partial charge in [-0.25, -0.2) is 0 Å². The largest absolute Gasteiger partial charge is 0.385 e. The van der Waals surface area contributed by atoms with Crippen LogP contribution in [-0.4, -0.2) is 38.8 Å². The van der Waals surface area contributed by atoms with Gasteiger partial charge in [0.2, 0.25) is 5.91 Å². The Morgan fingerprint density at radius 1 is 1.59 bits per heavy atom. The van der Waals surface area contributed by atoms with Crippen molar-refractivity contribution in [2.45, 2.75) is 45.1 Å². The average molecular weight is 242 g/mol. The van der Waals surface area contributed by atoms with E-state index < -0.39 is 0 Å². The molecular formula is C13H26N2O2. The Bertz CT molecular complexity index is 215. The number of hydrogen-bond acceptors (Lipinski definition) is 3. The molecule has 0 aromatic heterocycles. The molecule has 0 aliphatic carbocycles. The van der Waals surface area contributed by atoms with Gasteiger partial charge in [0.05, 0.1) is 0 Å². The molecule has 1 aliphatic heterocycles. The molecule has 0 saturated carbocycles. The summed E-state index contributed by atoms with van der Waals surface area (Å²) >= 11 is 0. The SMILES string of the molecule is COCCC(C)NC(=O)CCC1CCCNC1. The summed E-state index contributed by atoms with van der Waals surface area (Å²) in [5.41, 5.74) is 0. The summed E-state index contributed by atoms with van der Waals surface area (Å²) < 4.78 is 4.99. The maximum absolute atomic E-state index is 11.7. The fourth-order valence-electron chi connectivity index (χ4n) is 2.22. The zero-order valence-corrected chi connectivity index (χ0v) is 11.1. The molecule has 1 aliphatic rings. The van der Waals surface area contributed by atoms with Crippen molar-refractivity contribution >= 4 is 5.91 Å². The monoisotopic (exact) mass is 242 g/mol. The van der Waals surface area contributed by atoms with Crippen LogP contribution < -0.4 is 10.6 Å². The summed E-state index contributed by atoms with van der Waals surface area (Å²) in [6.07, 6.45) is 5.06. The number of methoxy groups -OCH3 is 1. The molecule has 4 heteroatoms. The first-order valence-electron chi connectivity index (χ1n) is 6.71. The van der Waals surface area contributed by atoms with Crippen LogP contribution in [0, 0.1) is 5.92 Å². The van der Waals surface area contributed by atoms with Gasteiger partial charge in [0.1, 0.15) is 0 Å². The number of nitrogens with one attached hydrogen (secondary N) is 2. The highest BCUT2D eigenvalue weighted by atomic mass is 16.5. The first-order valence-corrected chi connectivity index (χ1v) is 6.71. The van der Waals surface area contributed by atoms with E-state index in [1.165, 1.54) is 12.8 Å². The van der Waals surface area contributed by atoms with Gasteiger partial charge in [-0.2, -0.15) is 0 Å². The number of ether oxygens (including phenoxy) is 1. The highest BCUT2D eigenvalue weighted by Crippen LogP contribution is 2.15. The molecular weight excluding hydrogens is 216 g/mol. The molecule has 1 amide bonds. The molecule has 2 atom stereocenters. The van der Waals surface area contributed by atoms with Crippen molar-refractivity contribution in [1.82, 2.24) is 10.6 Å². The summed E-state index contributed by atoms with van der Waals surface area (Å²) in [6.45, 7) is 4.94. The number of carbonyl (C=O) groups is 1. The quantitative estimate of drug-likeness (QED) is 0.707. The lowest BCUT2D eigenvalue weighted by Crippen LogP contribution is -2.35. The predicted molar refractivity (Wildman–Crippen MR) is 68.9 cm³/mol. The van der Waals surface area contributed by atoms with Crippen LogP contribution in [-0.2, 0) is 9.53 Å². The molecule has 1 fully saturated rings. The molecule has 1 rings (SSSR count). The summed E-state index contributed by atoms with van der Waals surface area (Å²) in [6, 6.07) is 0.215. The van der Waals surface area contributed by atoms with Crippen LogP contribution in [0.15, 0.2) is 0 Å². The Morgan fingerprint density at radius 3 is 3.06 bits per heavy atom. The highest BCUT2D eigenvalue weighted by molar-refractivity contribution is 5.76. The summed E-state index contributed by atoms with van der Waals surface area (Å²) in [7, 11) is 1.69. The molecule has 1 heterocycles. The van der Waals surface area contributed by atoms with E-state index in [0.717, 1.165) is 25.9 Å². The topological polar surface area (TPSA) is 50.4 Å². The predicted octanol–water partition coefficient (Wildman–Crippen LogP) is 1.31. The molecule has 4 nitrogen and oxygen atoms in total. The van der Waals surface area contributed by atoms with E-state index in [0.29, 0.717) is 18.9 Å². The maximum atomic E-state index is 11.7. The zero-order valence-electron chi connectivity index (χ0n) is 11.1. The average Bonchev–Trinajstić information content (AvgIpc) is 2.35. The molecule has 100 valence electrons. The van der Waals surface area contributed by atoms with Gasteiger partial charge in [-0.15, -0.1) is 0 Å². The van der Waals surface area contributed by atoms with Gasteiger partial charge in [0, 0.05) is 26.2 Å². The van der Waals surface area contributed by atoms with E-state index in [9.17, 15) is 4.79 Å². The standard InChI is InChI=1S/C13H26N2O2/c1-11(7-9-17-2)15-13(16)6-5-12-4-3-8-14-10-12/h11-12,14H,3-10H2,1-2H3,(H,15,16). The zero-order chi connectivity index (χ0) is 12.5. The fraction of sp³-hybridized carbons (Fsp3) is 0.923. The normalized spacial score (nSPS) is 22.1. The van der Waals surface area contributed by atoms with E-state index in [-0.39, 0.29) is 11.9 Å². The highest BCUT2D eigenvalue weighted by Gasteiger charge is 2.15. The number of hydrogen-bond donors (Lipinski definition) is 2. The van der Waals surface area contributed by atoms with E-state index in [2.05, 4.69) is 10.6 Å². The van der Waals surface area contributed by atoms with E-state index in [4.69, 9.17) is 4.74 Å². The molecule has 0 aromatic rings. The molecule has 0 radical (unpaired) electrons. The Kier molecular flexibility index (Phi) is 7.21. The number of carbonyl (C=O) groups excluding carboxylic acids is 1. The summed E-state index contributed by atoms with van der Waals surface area (Å²) in [4.78, 5) is 11.7. The van der Waals surface area contributed by atoms with Gasteiger partial charge in [-0.1, -0.05) is 0 Å². The first kappa shape index (κ1) is 14.5. The van der Waals surface area contributed by atoms with Gasteiger partial charge in [0.25, 0.3) is 0 Å². The van der Waals surface area contributed by atoms with Crippen molar-refractivity contribution in [2.75, 3.05) is 26.8 Å². The van der Waals surface area contributed by atoms with Crippen LogP contribution in [0.2, 0.25) is 0 Å². The van der Waals surface area contributed by atoms with Crippen LogP contribution in [0.3, 0.4) is 0 Å². The van der Waals surface area contributed by atoms with Crippen molar-refractivity contribution in [3.05, 3.63) is 0 Å². The fourth-order valence-corrected chi connectivity index (χ4v) is 2.22. The lowest BCUT2D eigenvalue weighted by atomic mass is 9.94. The van der Waals surface area contributed by atoms with Crippen LogP contribution >= 0.6 is 0 Å². The molecule has 2 unspecified atom stereocenters. The lowest BCUT2D eigenvalue weighted by molar-refractivity contribution is -0.122. The summed E-state index contributed by atoms with van der Waals surface area (Å²) in [5, 5.41) is 6.39. The van der Waals surface area contributed by atoms with E-state index in [1.807, 2.05) is 6.92 Å². The third kappa shape index (κ3) is 6.64. The van der Waals surface area contributed by atoms with Gasteiger partial charge < -0.3 is 15.4 Å². The molecule has 1 saturated heterocycles. The second-order valence-electron chi connectivity index (χ2n) is 5.00. The second kappa shape index (κ2) is 8.48. The minimum atomic E-state index is 0.180. The molecule has 0 aromatic carbocycles. The van der Waals surface area contributed by atoms with Crippen LogP contribution in [0.4, 0.5) is 0 Å². The Labute approximate surface area is 104 Å². The third-order valence-electron chi connectivity index (χ3n) is 3.34. The Hall–Kier alpha value is -0.610. The van der Waals surface area contributed by atoms with Crippen LogP contribution in [0.5, 0.6) is 0 Å². The minimum Gasteiger partial charge on any atom is -0.385 e. The molecule has 17 heavy (non-hydrogen) atoms. The minimum absolute atomic E-state index is 0.180. The van der Waals surface area contributed by atoms with Crippen molar-refractivity contribution in [3.8, 4) is 0 Å². The second-order valence-corrected chi connectivity index (χ2v) is 5.00. The van der Waals surface area contributed by atoms with E-state index in [1.54, 1.807) is 7.11 Å². The summed E-state index contributed by atoms with van der Waals surface area (Å²) in [5.74, 6) is 0.864. The third-order valence-corrected chi connectivity index (χ3v) is 3.34. The van der Waals surface area contributed by atoms with Crippen LogP contribution in [0.25, 0.3) is 0 Å². The smallest absolute Gasteiger partial charge is 0.220 e. The molecule has 0 spiro atoms. The van der Waals surface area contributed by atoms with Crippen LogP contribution in [0.1, 0.15) is 39.0 Å². The lowest BCUT2D eigenvalue weighted by Gasteiger charge is -2.22. The van der Waals surface area contributed by atoms with Gasteiger partial charge in [0.15, 0.2) is 0 Å². The number of piperidine rings is 1. The van der Waals surface area contributed by atoms with Crippen molar-refractivity contribution in [1.29, 1.82) is 0 Å². The molecule has 2 N–H and O–H groups in total. The van der Waals surface area contributed by atoms with Crippen molar-refractivity contribution in [3.63, 3.8) is 0 Å².